The van der Waals surface area contributed by atoms with Crippen molar-refractivity contribution < 1.29 is 4.39 Å². The highest BCUT2D eigenvalue weighted by Crippen LogP contribution is 2.28. The zero-order chi connectivity index (χ0) is 12.8. The van der Waals surface area contributed by atoms with Crippen LogP contribution in [0, 0.1) is 5.82 Å². The van der Waals surface area contributed by atoms with Crippen LogP contribution < -0.4 is 5.32 Å². The summed E-state index contributed by atoms with van der Waals surface area (Å²) in [4.78, 5) is 0. The molecule has 1 N–H and O–H groups in total. The van der Waals surface area contributed by atoms with Crippen molar-refractivity contribution in [1.82, 2.24) is 15.1 Å². The van der Waals surface area contributed by atoms with Crippen molar-refractivity contribution in [2.45, 2.75) is 25.8 Å². The third-order valence-corrected chi connectivity index (χ3v) is 3.40. The lowest BCUT2D eigenvalue weighted by molar-refractivity contribution is 0.423. The van der Waals surface area contributed by atoms with Gasteiger partial charge in [0.05, 0.1) is 11.4 Å². The van der Waals surface area contributed by atoms with Crippen LogP contribution in [-0.4, -0.2) is 16.3 Å². The molecule has 0 unspecified atom stereocenters. The summed E-state index contributed by atoms with van der Waals surface area (Å²) < 4.78 is 14.7. The van der Waals surface area contributed by atoms with Gasteiger partial charge in [0.2, 0.25) is 0 Å². The summed E-state index contributed by atoms with van der Waals surface area (Å²) in [6, 6.07) is 6.40. The van der Waals surface area contributed by atoms with Gasteiger partial charge in [0.15, 0.2) is 0 Å². The van der Waals surface area contributed by atoms with Gasteiger partial charge >= 0.3 is 0 Å². The van der Waals surface area contributed by atoms with Gasteiger partial charge in [-0.2, -0.15) is 5.10 Å². The average molecular weight is 245 g/mol. The fourth-order valence-electron chi connectivity index (χ4n) is 2.43. The Balaban J connectivity index is 2.05. The number of rotatable bonds is 1. The van der Waals surface area contributed by atoms with E-state index in [1.165, 1.54) is 17.7 Å². The van der Waals surface area contributed by atoms with Gasteiger partial charge in [0, 0.05) is 30.3 Å². The summed E-state index contributed by atoms with van der Waals surface area (Å²) in [7, 11) is 0. The Bertz CT molecular complexity index is 569. The normalized spacial score (nSPS) is 17.5. The molecule has 1 aliphatic rings. The second-order valence-corrected chi connectivity index (χ2v) is 5.41. The third-order valence-electron chi connectivity index (χ3n) is 3.40. The minimum atomic E-state index is -0.224. The van der Waals surface area contributed by atoms with Crippen LogP contribution in [0.2, 0.25) is 0 Å². The number of hydrogen-bond donors (Lipinski definition) is 1. The maximum Gasteiger partial charge on any atom is 0.123 e. The summed E-state index contributed by atoms with van der Waals surface area (Å²) in [5.74, 6) is -0.224. The number of aromatic nitrogens is 2. The fourth-order valence-corrected chi connectivity index (χ4v) is 2.43. The van der Waals surface area contributed by atoms with Gasteiger partial charge in [-0.05, 0) is 24.3 Å². The number of halogens is 1. The van der Waals surface area contributed by atoms with Crippen LogP contribution in [-0.2, 0) is 12.0 Å². The third kappa shape index (κ3) is 1.82. The maximum absolute atomic E-state index is 12.9. The molecule has 3 rings (SSSR count). The van der Waals surface area contributed by atoms with Gasteiger partial charge in [0.1, 0.15) is 5.82 Å². The molecule has 0 radical (unpaired) electrons. The van der Waals surface area contributed by atoms with E-state index in [1.54, 1.807) is 12.1 Å². The molecule has 18 heavy (non-hydrogen) atoms. The number of benzene rings is 1. The summed E-state index contributed by atoms with van der Waals surface area (Å²) in [5, 5.41) is 8.05. The van der Waals surface area contributed by atoms with Crippen molar-refractivity contribution in [1.29, 1.82) is 0 Å². The van der Waals surface area contributed by atoms with Gasteiger partial charge in [-0.25, -0.2) is 9.07 Å². The van der Waals surface area contributed by atoms with E-state index in [2.05, 4.69) is 24.3 Å². The van der Waals surface area contributed by atoms with Crippen molar-refractivity contribution >= 4 is 0 Å². The molecule has 0 saturated heterocycles. The molecule has 3 nitrogen and oxygen atoms in total. The molecule has 0 spiro atoms. The Morgan fingerprint density at radius 3 is 2.67 bits per heavy atom. The van der Waals surface area contributed by atoms with E-state index in [4.69, 9.17) is 0 Å². The topological polar surface area (TPSA) is 29.9 Å². The summed E-state index contributed by atoms with van der Waals surface area (Å²) >= 11 is 0. The summed E-state index contributed by atoms with van der Waals surface area (Å²) in [6.07, 6.45) is 2.02. The zero-order valence-corrected chi connectivity index (χ0v) is 10.6. The molecule has 0 aliphatic carbocycles. The van der Waals surface area contributed by atoms with E-state index >= 15 is 0 Å². The van der Waals surface area contributed by atoms with E-state index in [1.807, 2.05) is 10.9 Å². The zero-order valence-electron chi connectivity index (χ0n) is 10.6. The maximum atomic E-state index is 12.9. The second-order valence-electron chi connectivity index (χ2n) is 5.41. The molecular weight excluding hydrogens is 229 g/mol. The van der Waals surface area contributed by atoms with Crippen LogP contribution in [0.15, 0.2) is 30.5 Å². The van der Waals surface area contributed by atoms with Crippen molar-refractivity contribution in [3.63, 3.8) is 0 Å². The lowest BCUT2D eigenvalue weighted by atomic mass is 9.84. The summed E-state index contributed by atoms with van der Waals surface area (Å²) in [6.45, 7) is 6.14. The molecule has 1 aliphatic heterocycles. The molecule has 94 valence electrons. The van der Waals surface area contributed by atoms with E-state index in [0.29, 0.717) is 0 Å². The number of fused-ring (bicyclic) bond motifs is 1. The lowest BCUT2D eigenvalue weighted by Gasteiger charge is -2.28. The lowest BCUT2D eigenvalue weighted by Crippen LogP contribution is -2.38. The van der Waals surface area contributed by atoms with Crippen LogP contribution >= 0.6 is 0 Å². The molecule has 1 aromatic carbocycles. The van der Waals surface area contributed by atoms with E-state index in [-0.39, 0.29) is 11.2 Å². The molecule has 0 saturated carbocycles. The van der Waals surface area contributed by atoms with Crippen LogP contribution in [0.3, 0.4) is 0 Å². The van der Waals surface area contributed by atoms with Gasteiger partial charge in [-0.1, -0.05) is 13.8 Å². The van der Waals surface area contributed by atoms with Crippen LogP contribution in [0.4, 0.5) is 4.39 Å². The van der Waals surface area contributed by atoms with Gasteiger partial charge in [0.25, 0.3) is 0 Å². The van der Waals surface area contributed by atoms with Gasteiger partial charge < -0.3 is 5.32 Å². The quantitative estimate of drug-likeness (QED) is 0.836. The Kier molecular flexibility index (Phi) is 2.48. The Hall–Kier alpha value is -1.68. The summed E-state index contributed by atoms with van der Waals surface area (Å²) in [5.41, 5.74) is 3.28. The molecule has 0 atom stereocenters. The minimum absolute atomic E-state index is 0.0405. The van der Waals surface area contributed by atoms with Gasteiger partial charge in [-0.3, -0.25) is 0 Å². The van der Waals surface area contributed by atoms with Gasteiger partial charge in [-0.15, -0.1) is 0 Å². The standard InChI is InChI=1S/C14H16FN3/c1-14(2)9-16-7-10-8-18(17-13(10)14)12-5-3-11(15)4-6-12/h3-6,8,16H,7,9H2,1-2H3. The van der Waals surface area contributed by atoms with E-state index in [0.717, 1.165) is 24.5 Å². The van der Waals surface area contributed by atoms with E-state index < -0.39 is 0 Å². The highest BCUT2D eigenvalue weighted by Gasteiger charge is 2.30. The highest BCUT2D eigenvalue weighted by atomic mass is 19.1. The average Bonchev–Trinajstić information content (AvgIpc) is 2.75. The number of nitrogens with zero attached hydrogens (tertiary/aromatic N) is 2. The molecule has 0 amide bonds. The fraction of sp³-hybridized carbons (Fsp3) is 0.357. The SMILES string of the molecule is CC1(C)CNCc2cn(-c3ccc(F)cc3)nc21. The van der Waals surface area contributed by atoms with Crippen LogP contribution in [0.1, 0.15) is 25.1 Å². The molecular formula is C14H16FN3. The molecule has 1 aromatic heterocycles. The molecule has 0 fully saturated rings. The van der Waals surface area contributed by atoms with Crippen LogP contribution in [0.25, 0.3) is 5.69 Å². The van der Waals surface area contributed by atoms with Crippen molar-refractivity contribution in [3.8, 4) is 5.69 Å². The Labute approximate surface area is 106 Å². The van der Waals surface area contributed by atoms with E-state index in [9.17, 15) is 4.39 Å². The Morgan fingerprint density at radius 1 is 1.28 bits per heavy atom. The monoisotopic (exact) mass is 245 g/mol. The first kappa shape index (κ1) is 11.4. The molecule has 2 aromatic rings. The first-order chi connectivity index (χ1) is 8.56. The second kappa shape index (κ2) is 3.92. The first-order valence-corrected chi connectivity index (χ1v) is 6.12. The van der Waals surface area contributed by atoms with Crippen molar-refractivity contribution in [2.75, 3.05) is 6.54 Å². The largest absolute Gasteiger partial charge is 0.312 e. The number of hydrogen-bond acceptors (Lipinski definition) is 2. The Morgan fingerprint density at radius 2 is 2.00 bits per heavy atom. The molecule has 4 heteroatoms. The molecule has 0 bridgehead atoms. The minimum Gasteiger partial charge on any atom is -0.312 e. The first-order valence-electron chi connectivity index (χ1n) is 6.12. The highest BCUT2D eigenvalue weighted by molar-refractivity contribution is 5.36. The predicted octanol–water partition coefficient (Wildman–Crippen LogP) is 2.39. The van der Waals surface area contributed by atoms with Crippen LogP contribution in [0.5, 0.6) is 0 Å². The van der Waals surface area contributed by atoms with Crippen molar-refractivity contribution in [2.24, 2.45) is 0 Å². The smallest absolute Gasteiger partial charge is 0.123 e. The molecule has 2 heterocycles. The van der Waals surface area contributed by atoms with Crippen molar-refractivity contribution in [3.05, 3.63) is 47.5 Å². The number of nitrogens with one attached hydrogen (secondary N) is 1. The predicted molar refractivity (Wildman–Crippen MR) is 68.3 cm³/mol.